The summed E-state index contributed by atoms with van der Waals surface area (Å²) in [4.78, 5) is 41.9. The van der Waals surface area contributed by atoms with Crippen LogP contribution >= 0.6 is 23.2 Å². The Morgan fingerprint density at radius 1 is 1.04 bits per heavy atom. The number of nitrogens with one attached hydrogen (secondary N) is 3. The number of nitrogens with zero attached hydrogens (tertiary/aromatic N) is 3. The van der Waals surface area contributed by atoms with E-state index in [-0.39, 0.29) is 34.6 Å². The van der Waals surface area contributed by atoms with E-state index in [0.29, 0.717) is 64.9 Å². The van der Waals surface area contributed by atoms with Gasteiger partial charge in [-0.2, -0.15) is 5.10 Å². The summed E-state index contributed by atoms with van der Waals surface area (Å²) in [6.45, 7) is 1.30. The average Bonchev–Trinajstić information content (AvgIpc) is 3.64. The SMILES string of the molecule is COc1nc(-c2cccc(-c3cccc(NC(=O)c4ccnn(C)c4=O)c3Cl)c2Cl)cc2c1C(NCC1CNC(=O)C1)C(OC)C2. The Morgan fingerprint density at radius 3 is 2.50 bits per heavy atom. The molecule has 2 aliphatic rings. The molecule has 238 valence electrons. The fourth-order valence-electron chi connectivity index (χ4n) is 6.10. The summed E-state index contributed by atoms with van der Waals surface area (Å²) in [5.74, 6) is 0.138. The van der Waals surface area contributed by atoms with Crippen molar-refractivity contribution in [3.05, 3.63) is 91.8 Å². The number of fused-ring (bicyclic) bond motifs is 1. The molecule has 0 saturated carbocycles. The number of carbonyl (C=O) groups is 2. The lowest BCUT2D eigenvalue weighted by atomic mass is 9.99. The van der Waals surface area contributed by atoms with Gasteiger partial charge in [0.15, 0.2) is 0 Å². The van der Waals surface area contributed by atoms with Crippen LogP contribution in [0, 0.1) is 5.92 Å². The highest BCUT2D eigenvalue weighted by Gasteiger charge is 2.37. The van der Waals surface area contributed by atoms with E-state index in [1.54, 1.807) is 32.4 Å². The van der Waals surface area contributed by atoms with E-state index in [2.05, 4.69) is 21.0 Å². The van der Waals surface area contributed by atoms with Crippen LogP contribution in [0.4, 0.5) is 5.69 Å². The van der Waals surface area contributed by atoms with Crippen molar-refractivity contribution in [1.82, 2.24) is 25.4 Å². The number of rotatable bonds is 9. The summed E-state index contributed by atoms with van der Waals surface area (Å²) in [6, 6.07) is 14.0. The van der Waals surface area contributed by atoms with E-state index < -0.39 is 11.5 Å². The molecule has 3 atom stereocenters. The van der Waals surface area contributed by atoms with Gasteiger partial charge in [-0.3, -0.25) is 14.4 Å². The van der Waals surface area contributed by atoms with E-state index in [1.807, 2.05) is 24.3 Å². The largest absolute Gasteiger partial charge is 0.481 e. The molecular weight excluding hydrogens is 631 g/mol. The molecule has 2 aromatic carbocycles. The number of pyridine rings is 1. The Labute approximate surface area is 275 Å². The summed E-state index contributed by atoms with van der Waals surface area (Å²) in [7, 11) is 4.74. The Hall–Kier alpha value is -4.29. The molecule has 3 unspecified atom stereocenters. The minimum Gasteiger partial charge on any atom is -0.481 e. The van der Waals surface area contributed by atoms with Crippen molar-refractivity contribution in [3.63, 3.8) is 0 Å². The molecule has 1 fully saturated rings. The Kier molecular flexibility index (Phi) is 9.10. The maximum Gasteiger partial charge on any atom is 0.279 e. The lowest BCUT2D eigenvalue weighted by Crippen LogP contribution is -2.34. The van der Waals surface area contributed by atoms with Crippen molar-refractivity contribution in [3.8, 4) is 28.3 Å². The smallest absolute Gasteiger partial charge is 0.279 e. The number of ether oxygens (including phenoxy) is 2. The van der Waals surface area contributed by atoms with Crippen molar-refractivity contribution < 1.29 is 19.1 Å². The zero-order chi connectivity index (χ0) is 32.5. The quantitative estimate of drug-likeness (QED) is 0.240. The highest BCUT2D eigenvalue weighted by atomic mass is 35.5. The first-order valence-electron chi connectivity index (χ1n) is 14.7. The number of hydrogen-bond acceptors (Lipinski definition) is 8. The van der Waals surface area contributed by atoms with Crippen molar-refractivity contribution in [2.45, 2.75) is 25.0 Å². The molecule has 4 aromatic rings. The molecule has 2 amide bonds. The van der Waals surface area contributed by atoms with Crippen molar-refractivity contribution in [2.75, 3.05) is 32.6 Å². The van der Waals surface area contributed by atoms with Crippen LogP contribution in [0.1, 0.15) is 33.9 Å². The highest BCUT2D eigenvalue weighted by Crippen LogP contribution is 2.44. The number of benzene rings is 2. The number of carbonyl (C=O) groups excluding carboxylic acids is 2. The van der Waals surface area contributed by atoms with Crippen LogP contribution in [-0.4, -0.2) is 60.0 Å². The Morgan fingerprint density at radius 2 is 1.78 bits per heavy atom. The second kappa shape index (κ2) is 13.2. The molecule has 13 heteroatoms. The average molecular weight is 664 g/mol. The highest BCUT2D eigenvalue weighted by molar-refractivity contribution is 6.39. The second-order valence-corrected chi connectivity index (χ2v) is 12.0. The molecule has 1 aliphatic carbocycles. The van der Waals surface area contributed by atoms with E-state index in [4.69, 9.17) is 37.7 Å². The van der Waals surface area contributed by atoms with Crippen LogP contribution in [-0.2, 0) is 23.0 Å². The fraction of sp³-hybridized carbons (Fsp3) is 0.303. The van der Waals surface area contributed by atoms with E-state index >= 15 is 0 Å². The number of amides is 2. The van der Waals surface area contributed by atoms with Gasteiger partial charge in [-0.05, 0) is 29.7 Å². The number of aryl methyl sites for hydroxylation is 1. The topological polar surface area (TPSA) is 136 Å². The van der Waals surface area contributed by atoms with E-state index in [9.17, 15) is 14.4 Å². The van der Waals surface area contributed by atoms with E-state index in [1.165, 1.54) is 19.3 Å². The Balaban J connectivity index is 1.31. The monoisotopic (exact) mass is 662 g/mol. The molecule has 0 bridgehead atoms. The number of anilines is 1. The first-order chi connectivity index (χ1) is 22.2. The molecule has 0 radical (unpaired) electrons. The van der Waals surface area contributed by atoms with Gasteiger partial charge in [-0.25, -0.2) is 9.67 Å². The maximum atomic E-state index is 12.9. The van der Waals surface area contributed by atoms with Crippen molar-refractivity contribution in [2.24, 2.45) is 13.0 Å². The summed E-state index contributed by atoms with van der Waals surface area (Å²) in [6.07, 6.45) is 2.38. The third-order valence-corrected chi connectivity index (χ3v) is 9.27. The zero-order valence-corrected chi connectivity index (χ0v) is 26.9. The number of aromatic nitrogens is 3. The predicted molar refractivity (Wildman–Crippen MR) is 175 cm³/mol. The zero-order valence-electron chi connectivity index (χ0n) is 25.4. The van der Waals surface area contributed by atoms with E-state index in [0.717, 1.165) is 15.8 Å². The molecule has 6 rings (SSSR count). The van der Waals surface area contributed by atoms with Crippen LogP contribution in [0.25, 0.3) is 22.4 Å². The van der Waals surface area contributed by atoms with Gasteiger partial charge in [-0.15, -0.1) is 0 Å². The van der Waals surface area contributed by atoms with Crippen LogP contribution in [0.2, 0.25) is 10.0 Å². The van der Waals surface area contributed by atoms with Crippen LogP contribution < -0.4 is 26.2 Å². The lowest BCUT2D eigenvalue weighted by Gasteiger charge is -2.23. The molecule has 46 heavy (non-hydrogen) atoms. The standard InChI is InChI=1S/C33H32Cl2N6O5/c1-41-33(44)22(10-11-38-41)31(43)39-23-9-5-7-20(29(23)35)19-6-4-8-21(28(19)34)24-13-18-14-25(45-2)30(27(18)32(40-24)46-3)37-16-17-12-26(42)36-15-17/h4-11,13,17,25,30,37H,12,14-16H2,1-3H3,(H,36,42)(H,39,43). The second-order valence-electron chi connectivity index (χ2n) is 11.3. The fourth-order valence-corrected chi connectivity index (χ4v) is 6.70. The van der Waals surface area contributed by atoms with Gasteiger partial charge >= 0.3 is 0 Å². The van der Waals surface area contributed by atoms with Gasteiger partial charge < -0.3 is 25.4 Å². The molecule has 0 spiro atoms. The van der Waals surface area contributed by atoms with Gasteiger partial charge in [0.25, 0.3) is 11.5 Å². The van der Waals surface area contributed by atoms with Crippen molar-refractivity contribution in [1.29, 1.82) is 0 Å². The minimum atomic E-state index is -0.605. The van der Waals surface area contributed by atoms with Gasteiger partial charge in [0, 0.05) is 68.5 Å². The number of methoxy groups -OCH3 is 2. The molecule has 1 aliphatic heterocycles. The summed E-state index contributed by atoms with van der Waals surface area (Å²) < 4.78 is 12.8. The molecule has 11 nitrogen and oxygen atoms in total. The van der Waals surface area contributed by atoms with Crippen LogP contribution in [0.5, 0.6) is 5.88 Å². The molecule has 3 N–H and O–H groups in total. The first-order valence-corrected chi connectivity index (χ1v) is 15.5. The minimum absolute atomic E-state index is 0.0607. The van der Waals surface area contributed by atoms with Gasteiger partial charge in [0.05, 0.1) is 40.7 Å². The molecule has 2 aromatic heterocycles. The molecular formula is C33H32Cl2N6O5. The molecule has 1 saturated heterocycles. The van der Waals surface area contributed by atoms with Gasteiger partial charge in [0.1, 0.15) is 5.56 Å². The van der Waals surface area contributed by atoms with Crippen LogP contribution in [0.3, 0.4) is 0 Å². The maximum absolute atomic E-state index is 12.9. The third-order valence-electron chi connectivity index (χ3n) is 8.46. The predicted octanol–water partition coefficient (Wildman–Crippen LogP) is 4.41. The van der Waals surface area contributed by atoms with Gasteiger partial charge in [-0.1, -0.05) is 53.5 Å². The number of halogens is 2. The summed E-state index contributed by atoms with van der Waals surface area (Å²) in [5.41, 5.74) is 4.21. The molecule has 3 heterocycles. The van der Waals surface area contributed by atoms with Crippen LogP contribution in [0.15, 0.2) is 59.5 Å². The normalized spacial score (nSPS) is 18.7. The summed E-state index contributed by atoms with van der Waals surface area (Å²) >= 11 is 13.9. The summed E-state index contributed by atoms with van der Waals surface area (Å²) in [5, 5.41) is 13.7. The van der Waals surface area contributed by atoms with Gasteiger partial charge in [0.2, 0.25) is 11.8 Å². The Bertz CT molecular complexity index is 1900. The van der Waals surface area contributed by atoms with Crippen molar-refractivity contribution >= 4 is 40.7 Å². The number of hydrogen-bond donors (Lipinski definition) is 3. The first kappa shape index (κ1) is 31.7. The third kappa shape index (κ3) is 5.99. The lowest BCUT2D eigenvalue weighted by molar-refractivity contribution is -0.119.